The van der Waals surface area contributed by atoms with Crippen molar-refractivity contribution in [3.8, 4) is 0 Å². The lowest BCUT2D eigenvalue weighted by Gasteiger charge is -2.15. The molecular weight excluding hydrogens is 269 g/mol. The molecule has 18 heavy (non-hydrogen) atoms. The van der Waals surface area contributed by atoms with Crippen LogP contribution in [0, 0.1) is 0 Å². The van der Waals surface area contributed by atoms with Crippen molar-refractivity contribution in [1.29, 1.82) is 0 Å². The lowest BCUT2D eigenvalue weighted by atomic mass is 10.1. The number of rotatable bonds is 4. The van der Waals surface area contributed by atoms with Gasteiger partial charge >= 0.3 is 0 Å². The molecule has 0 aliphatic rings. The Morgan fingerprint density at radius 3 is 2.67 bits per heavy atom. The first-order valence-corrected chi connectivity index (χ1v) is 6.49. The summed E-state index contributed by atoms with van der Waals surface area (Å²) in [7, 11) is 1.90. The van der Waals surface area contributed by atoms with Crippen molar-refractivity contribution in [2.45, 2.75) is 19.5 Å². The van der Waals surface area contributed by atoms with Crippen LogP contribution < -0.4 is 5.32 Å². The Labute approximate surface area is 117 Å². The molecule has 2 aromatic rings. The van der Waals surface area contributed by atoms with Gasteiger partial charge in [-0.1, -0.05) is 41.4 Å². The van der Waals surface area contributed by atoms with Crippen molar-refractivity contribution in [1.82, 2.24) is 14.9 Å². The number of aromatic nitrogens is 2. The lowest BCUT2D eigenvalue weighted by Crippen LogP contribution is -2.20. The molecule has 1 aromatic carbocycles. The van der Waals surface area contributed by atoms with Crippen LogP contribution in [0.2, 0.25) is 10.2 Å². The van der Waals surface area contributed by atoms with E-state index >= 15 is 0 Å². The van der Waals surface area contributed by atoms with Crippen molar-refractivity contribution < 1.29 is 0 Å². The van der Waals surface area contributed by atoms with Gasteiger partial charge in [0, 0.05) is 18.1 Å². The number of imidazole rings is 1. The molecule has 0 aliphatic heterocycles. The van der Waals surface area contributed by atoms with Gasteiger partial charge in [-0.2, -0.15) is 0 Å². The number of halogens is 2. The molecule has 1 N–H and O–H groups in total. The normalized spacial score (nSPS) is 12.7. The minimum atomic E-state index is 0.161. The zero-order chi connectivity index (χ0) is 13.1. The van der Waals surface area contributed by atoms with E-state index in [9.17, 15) is 0 Å². The fourth-order valence-corrected chi connectivity index (χ4v) is 2.21. The van der Waals surface area contributed by atoms with E-state index < -0.39 is 0 Å². The topological polar surface area (TPSA) is 29.9 Å². The van der Waals surface area contributed by atoms with E-state index in [2.05, 4.69) is 17.2 Å². The quantitative estimate of drug-likeness (QED) is 0.930. The summed E-state index contributed by atoms with van der Waals surface area (Å²) < 4.78 is 1.86. The van der Waals surface area contributed by atoms with Crippen LogP contribution in [0.5, 0.6) is 0 Å². The van der Waals surface area contributed by atoms with Crippen LogP contribution in [0.15, 0.2) is 30.5 Å². The van der Waals surface area contributed by atoms with Gasteiger partial charge in [0.05, 0.1) is 12.7 Å². The summed E-state index contributed by atoms with van der Waals surface area (Å²) >= 11 is 12.1. The van der Waals surface area contributed by atoms with Crippen LogP contribution in [-0.4, -0.2) is 9.55 Å². The van der Waals surface area contributed by atoms with E-state index in [1.807, 2.05) is 35.9 Å². The second-order valence-electron chi connectivity index (χ2n) is 4.18. The Bertz CT molecular complexity index is 537. The minimum Gasteiger partial charge on any atom is -0.321 e. The van der Waals surface area contributed by atoms with Gasteiger partial charge in [0.15, 0.2) is 0 Å². The van der Waals surface area contributed by atoms with Crippen molar-refractivity contribution in [3.05, 3.63) is 52.0 Å². The molecular formula is C13H15Cl2N3. The SMILES string of the molecule is C[C@@H](NCc1ncc(Cl)n1C)c1ccccc1Cl. The Morgan fingerprint density at radius 2 is 2.06 bits per heavy atom. The van der Waals surface area contributed by atoms with Gasteiger partial charge in [-0.05, 0) is 18.6 Å². The predicted octanol–water partition coefficient (Wildman–Crippen LogP) is 3.58. The van der Waals surface area contributed by atoms with E-state index in [-0.39, 0.29) is 6.04 Å². The van der Waals surface area contributed by atoms with Crippen molar-refractivity contribution >= 4 is 23.2 Å². The molecule has 1 aromatic heterocycles. The summed E-state index contributed by atoms with van der Waals surface area (Å²) in [4.78, 5) is 4.24. The van der Waals surface area contributed by atoms with Gasteiger partial charge in [0.25, 0.3) is 0 Å². The Hall–Kier alpha value is -1.03. The molecule has 0 aliphatic carbocycles. The highest BCUT2D eigenvalue weighted by atomic mass is 35.5. The summed E-state index contributed by atoms with van der Waals surface area (Å²) in [6.07, 6.45) is 1.65. The van der Waals surface area contributed by atoms with Crippen molar-refractivity contribution in [3.63, 3.8) is 0 Å². The lowest BCUT2D eigenvalue weighted by molar-refractivity contribution is 0.549. The number of nitrogens with zero attached hydrogens (tertiary/aromatic N) is 2. The van der Waals surface area contributed by atoms with Gasteiger partial charge in [0.1, 0.15) is 11.0 Å². The fourth-order valence-electron chi connectivity index (χ4n) is 1.77. The van der Waals surface area contributed by atoms with Crippen LogP contribution >= 0.6 is 23.2 Å². The van der Waals surface area contributed by atoms with Gasteiger partial charge in [0.2, 0.25) is 0 Å². The maximum atomic E-state index is 6.15. The fraction of sp³-hybridized carbons (Fsp3) is 0.308. The molecule has 3 nitrogen and oxygen atoms in total. The first kappa shape index (κ1) is 13.4. The molecule has 0 bridgehead atoms. The first-order valence-electron chi connectivity index (χ1n) is 5.73. The average molecular weight is 284 g/mol. The molecule has 0 unspecified atom stereocenters. The molecule has 0 saturated heterocycles. The largest absolute Gasteiger partial charge is 0.321 e. The number of nitrogens with one attached hydrogen (secondary N) is 1. The Balaban J connectivity index is 2.03. The first-order chi connectivity index (χ1) is 8.59. The maximum Gasteiger partial charge on any atom is 0.128 e. The molecule has 1 atom stereocenters. The molecule has 0 radical (unpaired) electrons. The smallest absolute Gasteiger partial charge is 0.128 e. The highest BCUT2D eigenvalue weighted by molar-refractivity contribution is 6.31. The number of hydrogen-bond donors (Lipinski definition) is 1. The molecule has 0 spiro atoms. The zero-order valence-electron chi connectivity index (χ0n) is 10.3. The molecule has 5 heteroatoms. The van der Waals surface area contributed by atoms with Crippen LogP contribution in [0.1, 0.15) is 24.4 Å². The van der Waals surface area contributed by atoms with Gasteiger partial charge < -0.3 is 9.88 Å². The third-order valence-corrected chi connectivity index (χ3v) is 3.66. The molecule has 1 heterocycles. The number of benzene rings is 1. The van der Waals surface area contributed by atoms with E-state index in [1.165, 1.54) is 0 Å². The molecule has 0 fully saturated rings. The average Bonchev–Trinajstić information content (AvgIpc) is 2.68. The van der Waals surface area contributed by atoms with Gasteiger partial charge in [-0.25, -0.2) is 4.98 Å². The van der Waals surface area contributed by atoms with Gasteiger partial charge in [-0.3, -0.25) is 0 Å². The zero-order valence-corrected chi connectivity index (χ0v) is 11.8. The second-order valence-corrected chi connectivity index (χ2v) is 4.97. The van der Waals surface area contributed by atoms with E-state index in [0.717, 1.165) is 16.4 Å². The maximum absolute atomic E-state index is 6.15. The molecule has 0 saturated carbocycles. The van der Waals surface area contributed by atoms with Crippen molar-refractivity contribution in [2.24, 2.45) is 7.05 Å². The summed E-state index contributed by atoms with van der Waals surface area (Å²) in [5.41, 5.74) is 1.08. The molecule has 96 valence electrons. The highest BCUT2D eigenvalue weighted by Crippen LogP contribution is 2.22. The minimum absolute atomic E-state index is 0.161. The van der Waals surface area contributed by atoms with Crippen LogP contribution in [0.25, 0.3) is 0 Å². The van der Waals surface area contributed by atoms with Crippen molar-refractivity contribution in [2.75, 3.05) is 0 Å². The van der Waals surface area contributed by atoms with E-state index in [1.54, 1.807) is 6.20 Å². The van der Waals surface area contributed by atoms with E-state index in [4.69, 9.17) is 23.2 Å². The third kappa shape index (κ3) is 2.86. The Kier molecular flexibility index (Phi) is 4.27. The second kappa shape index (κ2) is 5.74. The highest BCUT2D eigenvalue weighted by Gasteiger charge is 2.10. The summed E-state index contributed by atoms with van der Waals surface area (Å²) in [6.45, 7) is 2.72. The van der Waals surface area contributed by atoms with Crippen LogP contribution in [0.3, 0.4) is 0 Å². The predicted molar refractivity (Wildman–Crippen MR) is 74.9 cm³/mol. The molecule has 2 rings (SSSR count). The van der Waals surface area contributed by atoms with E-state index in [0.29, 0.717) is 11.7 Å². The Morgan fingerprint density at radius 1 is 1.33 bits per heavy atom. The summed E-state index contributed by atoms with van der Waals surface area (Å²) in [5, 5.41) is 4.79. The molecule has 0 amide bonds. The van der Waals surface area contributed by atoms with Crippen LogP contribution in [-0.2, 0) is 13.6 Å². The number of hydrogen-bond acceptors (Lipinski definition) is 2. The third-order valence-electron chi connectivity index (χ3n) is 2.97. The van der Waals surface area contributed by atoms with Crippen LogP contribution in [0.4, 0.5) is 0 Å². The monoisotopic (exact) mass is 283 g/mol. The standard InChI is InChI=1S/C13H15Cl2N3/c1-9(10-5-3-4-6-11(10)14)16-8-13-17-7-12(15)18(13)2/h3-7,9,16H,8H2,1-2H3/t9-/m1/s1. The summed E-state index contributed by atoms with van der Waals surface area (Å²) in [5.74, 6) is 0.902. The van der Waals surface area contributed by atoms with Gasteiger partial charge in [-0.15, -0.1) is 0 Å². The summed E-state index contributed by atoms with van der Waals surface area (Å²) in [6, 6.07) is 7.99.